The molecule has 0 aromatic heterocycles. The molecule has 0 aromatic carbocycles. The van der Waals surface area contributed by atoms with E-state index in [0.29, 0.717) is 43.3 Å². The molecular formula is C35H76O16. The molecule has 15 N–H and O–H groups in total. The van der Waals surface area contributed by atoms with Crippen LogP contribution in [0.3, 0.4) is 0 Å². The Morgan fingerprint density at radius 2 is 0.961 bits per heavy atom. The number of rotatable bonds is 0. The van der Waals surface area contributed by atoms with Crippen LogP contribution in [0, 0.1) is 29.6 Å². The van der Waals surface area contributed by atoms with Crippen LogP contribution < -0.4 is 0 Å². The number of aliphatic hydroxyl groups is 7. The minimum absolute atomic E-state index is 0. The zero-order valence-corrected chi connectivity index (χ0v) is 32.4. The highest BCUT2D eigenvalue weighted by Crippen LogP contribution is 2.28. The van der Waals surface area contributed by atoms with Gasteiger partial charge >= 0.3 is 0 Å². The maximum absolute atomic E-state index is 9.30. The van der Waals surface area contributed by atoms with E-state index in [9.17, 15) is 25.5 Å². The van der Waals surface area contributed by atoms with Crippen molar-refractivity contribution < 1.29 is 81.3 Å². The first-order chi connectivity index (χ1) is 21.8. The van der Waals surface area contributed by atoms with Gasteiger partial charge in [0.2, 0.25) is 0 Å². The first kappa shape index (κ1) is 56.7. The second-order valence-corrected chi connectivity index (χ2v) is 14.4. The summed E-state index contributed by atoms with van der Waals surface area (Å²) >= 11 is 0. The predicted octanol–water partition coefficient (Wildman–Crippen LogP) is -0.923. The Morgan fingerprint density at radius 3 is 1.31 bits per heavy atom. The Bertz CT molecular complexity index is 818. The molecule has 5 aliphatic heterocycles. The summed E-state index contributed by atoms with van der Waals surface area (Å²) in [5.74, 6) is 2.23. The van der Waals surface area contributed by atoms with E-state index >= 15 is 0 Å². The minimum Gasteiger partial charge on any atom is -0.496 e. The van der Waals surface area contributed by atoms with E-state index in [0.717, 1.165) is 19.3 Å². The van der Waals surface area contributed by atoms with Crippen molar-refractivity contribution in [2.45, 2.75) is 156 Å². The minimum atomic E-state index is -0.756. The molecular weight excluding hydrogens is 676 g/mol. The summed E-state index contributed by atoms with van der Waals surface area (Å²) in [6.45, 7) is 21.7. The van der Waals surface area contributed by atoms with E-state index in [4.69, 9.17) is 33.9 Å². The molecule has 10 unspecified atom stereocenters. The molecule has 51 heavy (non-hydrogen) atoms. The number of hydrogen-bond acceptors (Lipinski definition) is 12. The summed E-state index contributed by atoms with van der Waals surface area (Å²) < 4.78 is 25.9. The summed E-state index contributed by atoms with van der Waals surface area (Å²) in [5, 5.41) is 64.2. The first-order valence-corrected chi connectivity index (χ1v) is 17.4. The molecule has 4 saturated heterocycles. The van der Waals surface area contributed by atoms with Crippen LogP contribution in [0.5, 0.6) is 0 Å². The predicted molar refractivity (Wildman–Crippen MR) is 193 cm³/mol. The second-order valence-electron chi connectivity index (χ2n) is 14.4. The van der Waals surface area contributed by atoms with Crippen molar-refractivity contribution >= 4 is 0 Å². The zero-order valence-electron chi connectivity index (χ0n) is 32.4. The third kappa shape index (κ3) is 21.4. The van der Waals surface area contributed by atoms with Crippen LogP contribution in [0.1, 0.15) is 88.5 Å². The molecule has 0 aliphatic carbocycles. The van der Waals surface area contributed by atoms with Crippen molar-refractivity contribution in [1.29, 1.82) is 0 Å². The van der Waals surface area contributed by atoms with Crippen molar-refractivity contribution in [2.75, 3.05) is 26.4 Å². The van der Waals surface area contributed by atoms with Crippen LogP contribution in [-0.4, -0.2) is 151 Å². The van der Waals surface area contributed by atoms with Gasteiger partial charge in [-0.05, 0) is 65.9 Å². The van der Waals surface area contributed by atoms with Gasteiger partial charge in [-0.3, -0.25) is 0 Å². The smallest absolute Gasteiger partial charge is 0.157 e. The van der Waals surface area contributed by atoms with E-state index in [-0.39, 0.29) is 77.0 Å². The van der Waals surface area contributed by atoms with E-state index in [1.165, 1.54) is 6.08 Å². The molecule has 0 bridgehead atoms. The topological polar surface area (TPSA) is 314 Å². The Labute approximate surface area is 305 Å². The van der Waals surface area contributed by atoms with Gasteiger partial charge in [0.05, 0.1) is 68.3 Å². The summed E-state index contributed by atoms with van der Waals surface area (Å²) in [7, 11) is 0. The molecule has 16 atom stereocenters. The summed E-state index contributed by atoms with van der Waals surface area (Å²) in [6, 6.07) is 0. The monoisotopic (exact) mass is 753 g/mol. The van der Waals surface area contributed by atoms with Crippen LogP contribution >= 0.6 is 0 Å². The van der Waals surface area contributed by atoms with Crippen molar-refractivity contribution in [1.82, 2.24) is 0 Å². The Morgan fingerprint density at radius 1 is 0.510 bits per heavy atom. The van der Waals surface area contributed by atoms with Gasteiger partial charge in [0, 0.05) is 23.7 Å². The first-order valence-electron chi connectivity index (χ1n) is 17.4. The van der Waals surface area contributed by atoms with Gasteiger partial charge in [-0.15, -0.1) is 0 Å². The highest BCUT2D eigenvalue weighted by atomic mass is 16.6. The zero-order chi connectivity index (χ0) is 36.0. The van der Waals surface area contributed by atoms with Gasteiger partial charge in [-0.25, -0.2) is 0 Å². The lowest BCUT2D eigenvalue weighted by Crippen LogP contribution is -2.47. The second kappa shape index (κ2) is 28.4. The molecule has 16 heteroatoms. The highest BCUT2D eigenvalue weighted by molar-refractivity contribution is 5.00. The molecule has 5 heterocycles. The lowest BCUT2D eigenvalue weighted by molar-refractivity contribution is -0.199. The largest absolute Gasteiger partial charge is 0.496 e. The van der Waals surface area contributed by atoms with Gasteiger partial charge in [0.25, 0.3) is 0 Å². The summed E-state index contributed by atoms with van der Waals surface area (Å²) in [6.07, 6.45) is 0.954. The standard InChI is InChI=1S/C8H16O2.C7H14O3.2C7H14O2.C6H10O3.4H2O/c1-5-4-6(2)10-8(9)7(5)3;1-4-3-10-5(2)7(9)6(4)8;2*1-5-4-9-6(2)3-7(5)8;1-4-2-5(7)6(8)3-9-4;;;;/h5-9H,4H2,1-3H3;4-9H,3H2,1-2H3;2*5-8H,3-4H2,1-2H3;2,5-8H,3H2,1H3;4*1H2/t5-,6?,7?,8?;4?,5?,6-,7+;2*5?,6?,7-;5-,6?;;;;/m10111..../s1. The molecule has 5 aliphatic rings. The molecule has 0 amide bonds. The van der Waals surface area contributed by atoms with E-state index in [1.807, 2.05) is 48.5 Å². The van der Waals surface area contributed by atoms with Gasteiger partial charge in [0.15, 0.2) is 6.29 Å². The lowest BCUT2D eigenvalue weighted by atomic mass is 9.88. The number of ether oxygens (including phenoxy) is 5. The van der Waals surface area contributed by atoms with Gasteiger partial charge in [-0.2, -0.15) is 0 Å². The highest BCUT2D eigenvalue weighted by Gasteiger charge is 2.33. The molecule has 0 spiro atoms. The maximum atomic E-state index is 9.30. The van der Waals surface area contributed by atoms with E-state index in [2.05, 4.69) is 6.92 Å². The number of allylic oxidation sites excluding steroid dienone is 1. The SMILES string of the molecule is CC1=C[C@@H](O)C(O)CO1.CC1C[C@@H](C)C(C)C(O)O1.CC1C[C@@H](O)C(C)CO1.CC1C[C@@H](O)C(C)CO1.CC1OCC(C)[C@H](O)[C@@H]1O.O.O.O.O. The fraction of sp³-hybridized carbons (Fsp3) is 0.943. The van der Waals surface area contributed by atoms with Crippen LogP contribution in [0.15, 0.2) is 11.8 Å². The van der Waals surface area contributed by atoms with Crippen molar-refractivity contribution in [3.8, 4) is 0 Å². The van der Waals surface area contributed by atoms with Gasteiger partial charge in [0.1, 0.15) is 24.9 Å². The van der Waals surface area contributed by atoms with Crippen molar-refractivity contribution in [2.24, 2.45) is 29.6 Å². The molecule has 5 rings (SSSR count). The molecule has 312 valence electrons. The molecule has 0 saturated carbocycles. The molecule has 0 aromatic rings. The third-order valence-corrected chi connectivity index (χ3v) is 9.49. The fourth-order valence-corrected chi connectivity index (χ4v) is 5.40. The normalized spacial score (nSPS) is 41.4. The summed E-state index contributed by atoms with van der Waals surface area (Å²) in [4.78, 5) is 0. The van der Waals surface area contributed by atoms with Crippen molar-refractivity contribution in [3.63, 3.8) is 0 Å². The molecule has 16 nitrogen and oxygen atoms in total. The molecule has 0 radical (unpaired) electrons. The number of hydrogen-bond donors (Lipinski definition) is 7. The van der Waals surface area contributed by atoms with Crippen LogP contribution in [0.4, 0.5) is 0 Å². The Hall–Kier alpha value is -1.06. The molecule has 4 fully saturated rings. The van der Waals surface area contributed by atoms with Crippen molar-refractivity contribution in [3.05, 3.63) is 11.8 Å². The van der Waals surface area contributed by atoms with Gasteiger partial charge < -0.3 is 81.3 Å². The lowest BCUT2D eigenvalue weighted by Gasteiger charge is -2.34. The van der Waals surface area contributed by atoms with E-state index < -0.39 is 30.7 Å². The third-order valence-electron chi connectivity index (χ3n) is 9.49. The van der Waals surface area contributed by atoms with Crippen LogP contribution in [0.2, 0.25) is 0 Å². The summed E-state index contributed by atoms with van der Waals surface area (Å²) in [5.41, 5.74) is 0. The average molecular weight is 753 g/mol. The fourth-order valence-electron chi connectivity index (χ4n) is 5.40. The average Bonchev–Trinajstić information content (AvgIpc) is 3.00. The Kier molecular flexibility index (Phi) is 31.6. The Balaban J connectivity index is -0.000000266. The quantitative estimate of drug-likeness (QED) is 0.158. The number of aliphatic hydroxyl groups excluding tert-OH is 7. The van der Waals surface area contributed by atoms with Crippen LogP contribution in [-0.2, 0) is 23.7 Å². The van der Waals surface area contributed by atoms with E-state index in [1.54, 1.807) is 13.8 Å². The van der Waals surface area contributed by atoms with Gasteiger partial charge in [-0.1, -0.05) is 34.6 Å². The maximum Gasteiger partial charge on any atom is 0.157 e. The van der Waals surface area contributed by atoms with Crippen LogP contribution in [0.25, 0.3) is 0 Å².